The average molecular weight is 338 g/mol. The van der Waals surface area contributed by atoms with Crippen molar-refractivity contribution in [2.45, 2.75) is 71.4 Å². The van der Waals surface area contributed by atoms with Gasteiger partial charge < -0.3 is 4.57 Å². The van der Waals surface area contributed by atoms with Crippen molar-refractivity contribution < 1.29 is 0 Å². The Balaban J connectivity index is 1.50. The van der Waals surface area contributed by atoms with E-state index in [9.17, 15) is 0 Å². The average Bonchev–Trinajstić information content (AvgIpc) is 2.87. The first-order valence-corrected chi connectivity index (χ1v) is 9.91. The zero-order valence-corrected chi connectivity index (χ0v) is 15.7. The number of hydrogen-bond acceptors (Lipinski definition) is 3. The molecule has 0 amide bonds. The van der Waals surface area contributed by atoms with Crippen molar-refractivity contribution in [2.75, 3.05) is 13.1 Å². The Labute approximate surface area is 151 Å². The van der Waals surface area contributed by atoms with Crippen LogP contribution in [0.2, 0.25) is 0 Å². The van der Waals surface area contributed by atoms with E-state index in [2.05, 4.69) is 51.7 Å². The van der Waals surface area contributed by atoms with Crippen molar-refractivity contribution in [3.05, 3.63) is 46.5 Å². The molecule has 2 aromatic rings. The molecule has 0 bridgehead atoms. The first kappa shape index (κ1) is 16.8. The third-order valence-corrected chi connectivity index (χ3v) is 5.91. The van der Waals surface area contributed by atoms with Crippen LogP contribution in [0.5, 0.6) is 0 Å². The fourth-order valence-corrected chi connectivity index (χ4v) is 4.43. The fourth-order valence-electron chi connectivity index (χ4n) is 4.43. The lowest BCUT2D eigenvalue weighted by Gasteiger charge is -2.33. The topological polar surface area (TPSA) is 34.0 Å². The molecule has 1 unspecified atom stereocenters. The minimum absolute atomic E-state index is 0.540. The molecule has 1 aromatic heterocycles. The van der Waals surface area contributed by atoms with Crippen LogP contribution in [0.3, 0.4) is 0 Å². The van der Waals surface area contributed by atoms with Crippen LogP contribution < -0.4 is 0 Å². The van der Waals surface area contributed by atoms with Gasteiger partial charge in [0, 0.05) is 32.0 Å². The Morgan fingerprint density at radius 2 is 1.96 bits per heavy atom. The lowest BCUT2D eigenvalue weighted by Crippen LogP contribution is -2.35. The first-order chi connectivity index (χ1) is 12.2. The third kappa shape index (κ3) is 3.64. The molecule has 134 valence electrons. The predicted octanol–water partition coefficient (Wildman–Crippen LogP) is 4.00. The summed E-state index contributed by atoms with van der Waals surface area (Å²) < 4.78 is 2.44. The van der Waals surface area contributed by atoms with Gasteiger partial charge in [-0.15, -0.1) is 10.2 Å². The van der Waals surface area contributed by atoms with Crippen molar-refractivity contribution in [1.29, 1.82) is 0 Å². The molecule has 1 aromatic carbocycles. The van der Waals surface area contributed by atoms with Gasteiger partial charge in [-0.05, 0) is 57.2 Å². The SMILES string of the molecule is Cc1ccc(C)c(CN2CCCC(c3nnc4n3CCCCC4)C2)c1. The quantitative estimate of drug-likeness (QED) is 0.848. The van der Waals surface area contributed by atoms with Crippen LogP contribution >= 0.6 is 0 Å². The van der Waals surface area contributed by atoms with Gasteiger partial charge in [-0.1, -0.05) is 30.2 Å². The van der Waals surface area contributed by atoms with E-state index < -0.39 is 0 Å². The maximum Gasteiger partial charge on any atom is 0.137 e. The maximum atomic E-state index is 4.62. The highest BCUT2D eigenvalue weighted by molar-refractivity contribution is 5.30. The number of rotatable bonds is 3. The molecule has 2 aliphatic heterocycles. The molecule has 0 aliphatic carbocycles. The zero-order valence-electron chi connectivity index (χ0n) is 15.7. The maximum absolute atomic E-state index is 4.62. The van der Waals surface area contributed by atoms with E-state index in [-0.39, 0.29) is 0 Å². The van der Waals surface area contributed by atoms with Crippen LogP contribution in [0.4, 0.5) is 0 Å². The second-order valence-corrected chi connectivity index (χ2v) is 7.94. The van der Waals surface area contributed by atoms with Gasteiger partial charge in [-0.2, -0.15) is 0 Å². The van der Waals surface area contributed by atoms with E-state index in [4.69, 9.17) is 0 Å². The summed E-state index contributed by atoms with van der Waals surface area (Å²) in [6.07, 6.45) is 7.48. The van der Waals surface area contributed by atoms with Crippen LogP contribution in [0.25, 0.3) is 0 Å². The summed E-state index contributed by atoms with van der Waals surface area (Å²) in [7, 11) is 0. The molecule has 4 heteroatoms. The van der Waals surface area contributed by atoms with Crippen LogP contribution in [0.15, 0.2) is 18.2 Å². The minimum atomic E-state index is 0.540. The van der Waals surface area contributed by atoms with Gasteiger partial charge in [0.1, 0.15) is 11.6 Å². The van der Waals surface area contributed by atoms with E-state index in [1.165, 1.54) is 67.0 Å². The molecular formula is C21H30N4. The van der Waals surface area contributed by atoms with E-state index in [0.29, 0.717) is 5.92 Å². The number of nitrogens with zero attached hydrogens (tertiary/aromatic N) is 4. The lowest BCUT2D eigenvalue weighted by atomic mass is 9.96. The molecule has 0 N–H and O–H groups in total. The Bertz CT molecular complexity index is 733. The number of fused-ring (bicyclic) bond motifs is 1. The molecule has 4 rings (SSSR count). The Morgan fingerprint density at radius 1 is 1.04 bits per heavy atom. The summed E-state index contributed by atoms with van der Waals surface area (Å²) in [4.78, 5) is 2.62. The molecule has 4 nitrogen and oxygen atoms in total. The highest BCUT2D eigenvalue weighted by Gasteiger charge is 2.27. The van der Waals surface area contributed by atoms with Gasteiger partial charge in [0.25, 0.3) is 0 Å². The van der Waals surface area contributed by atoms with Crippen LogP contribution in [-0.4, -0.2) is 32.8 Å². The van der Waals surface area contributed by atoms with E-state index in [1.807, 2.05) is 0 Å². The monoisotopic (exact) mass is 338 g/mol. The van der Waals surface area contributed by atoms with E-state index >= 15 is 0 Å². The molecule has 1 fully saturated rings. The largest absolute Gasteiger partial charge is 0.315 e. The van der Waals surface area contributed by atoms with Gasteiger partial charge in [0.15, 0.2) is 0 Å². The molecule has 1 atom stereocenters. The third-order valence-electron chi connectivity index (χ3n) is 5.91. The first-order valence-electron chi connectivity index (χ1n) is 9.91. The van der Waals surface area contributed by atoms with Gasteiger partial charge >= 0.3 is 0 Å². The fraction of sp³-hybridized carbons (Fsp3) is 0.619. The molecule has 0 radical (unpaired) electrons. The van der Waals surface area contributed by atoms with E-state index in [0.717, 1.165) is 26.1 Å². The van der Waals surface area contributed by atoms with Crippen molar-refractivity contribution >= 4 is 0 Å². The smallest absolute Gasteiger partial charge is 0.137 e. The number of aromatic nitrogens is 3. The summed E-state index contributed by atoms with van der Waals surface area (Å²) in [6.45, 7) is 8.91. The highest BCUT2D eigenvalue weighted by atomic mass is 15.3. The molecule has 25 heavy (non-hydrogen) atoms. The minimum Gasteiger partial charge on any atom is -0.315 e. The summed E-state index contributed by atoms with van der Waals surface area (Å²) in [6, 6.07) is 6.82. The van der Waals surface area contributed by atoms with Crippen molar-refractivity contribution in [3.8, 4) is 0 Å². The van der Waals surface area contributed by atoms with Gasteiger partial charge in [0.2, 0.25) is 0 Å². The lowest BCUT2D eigenvalue weighted by molar-refractivity contribution is 0.194. The molecular weight excluding hydrogens is 308 g/mol. The Kier molecular flexibility index (Phi) is 4.89. The normalized spacial score (nSPS) is 21.8. The van der Waals surface area contributed by atoms with Gasteiger partial charge in [-0.25, -0.2) is 0 Å². The molecule has 0 saturated carbocycles. The van der Waals surface area contributed by atoms with Crippen LogP contribution in [0.1, 0.15) is 66.4 Å². The summed E-state index contributed by atoms with van der Waals surface area (Å²) in [5.41, 5.74) is 4.24. The number of benzene rings is 1. The molecule has 1 saturated heterocycles. The van der Waals surface area contributed by atoms with Gasteiger partial charge in [0.05, 0.1) is 0 Å². The molecule has 3 heterocycles. The van der Waals surface area contributed by atoms with Gasteiger partial charge in [-0.3, -0.25) is 4.90 Å². The Morgan fingerprint density at radius 3 is 2.88 bits per heavy atom. The Hall–Kier alpha value is -1.68. The second kappa shape index (κ2) is 7.28. The highest BCUT2D eigenvalue weighted by Crippen LogP contribution is 2.29. The summed E-state index contributed by atoms with van der Waals surface area (Å²) >= 11 is 0. The number of hydrogen-bond donors (Lipinski definition) is 0. The van der Waals surface area contributed by atoms with Crippen molar-refractivity contribution in [2.24, 2.45) is 0 Å². The molecule has 0 spiro atoms. The van der Waals surface area contributed by atoms with Crippen molar-refractivity contribution in [3.63, 3.8) is 0 Å². The summed E-state index contributed by atoms with van der Waals surface area (Å²) in [5.74, 6) is 3.01. The second-order valence-electron chi connectivity index (χ2n) is 7.94. The predicted molar refractivity (Wildman–Crippen MR) is 101 cm³/mol. The number of likely N-dealkylation sites (tertiary alicyclic amines) is 1. The summed E-state index contributed by atoms with van der Waals surface area (Å²) in [5, 5.41) is 9.14. The van der Waals surface area contributed by atoms with E-state index in [1.54, 1.807) is 0 Å². The number of aryl methyl sites for hydroxylation is 3. The standard InChI is InChI=1S/C21H30N4/c1-16-9-10-17(2)19(13-16)15-24-11-6-7-18(14-24)21-23-22-20-8-4-3-5-12-25(20)21/h9-10,13,18H,3-8,11-12,14-15H2,1-2H3. The zero-order chi connectivity index (χ0) is 17.2. The van der Waals surface area contributed by atoms with Crippen LogP contribution in [0, 0.1) is 13.8 Å². The number of piperidine rings is 1. The van der Waals surface area contributed by atoms with Crippen molar-refractivity contribution in [1.82, 2.24) is 19.7 Å². The molecule has 2 aliphatic rings. The van der Waals surface area contributed by atoms with Crippen LogP contribution in [-0.2, 0) is 19.5 Å².